The van der Waals surface area contributed by atoms with E-state index in [0.29, 0.717) is 0 Å². The zero-order valence-electron chi connectivity index (χ0n) is 42.4. The van der Waals surface area contributed by atoms with Crippen LogP contribution in [0.5, 0.6) is 0 Å². The highest BCUT2D eigenvalue weighted by Gasteiger charge is 2.21. The molecule has 0 atom stereocenters. The maximum absolute atomic E-state index is 13.4. The average Bonchev–Trinajstić information content (AvgIpc) is 4.20. The van der Waals surface area contributed by atoms with Crippen molar-refractivity contribution in [1.29, 1.82) is 0 Å². The first kappa shape index (κ1) is 56.3. The van der Waals surface area contributed by atoms with E-state index in [9.17, 15) is 4.79 Å². The molecule has 2 saturated carbocycles. The number of rotatable bonds is 46. The van der Waals surface area contributed by atoms with E-state index in [1.54, 1.807) is 11.1 Å². The number of hydrogen-bond donors (Lipinski definition) is 1. The molecule has 6 nitrogen and oxygen atoms in total. The van der Waals surface area contributed by atoms with Gasteiger partial charge in [-0.3, -0.25) is 4.79 Å². The van der Waals surface area contributed by atoms with Crippen LogP contribution in [0, 0.1) is 17.8 Å². The number of ether oxygens (including phenoxy) is 2. The quantitative estimate of drug-likeness (QED) is 0.0287. The van der Waals surface area contributed by atoms with E-state index in [-0.39, 0.29) is 11.8 Å². The molecule has 1 N–H and O–H groups in total. The maximum atomic E-state index is 13.4. The minimum absolute atomic E-state index is 0.0636. The third-order valence-corrected chi connectivity index (χ3v) is 13.7. The molecular formula is C56H105N3O3. The van der Waals surface area contributed by atoms with Gasteiger partial charge in [-0.15, -0.1) is 0 Å². The lowest BCUT2D eigenvalue weighted by atomic mass is 9.92. The predicted molar refractivity (Wildman–Crippen MR) is 270 cm³/mol. The van der Waals surface area contributed by atoms with Crippen LogP contribution in [0.25, 0.3) is 0 Å². The Bertz CT molecular complexity index is 1060. The molecule has 0 aromatic heterocycles. The second-order valence-corrected chi connectivity index (χ2v) is 20.1. The van der Waals surface area contributed by atoms with Crippen molar-refractivity contribution in [3.05, 3.63) is 22.7 Å². The molecular weight excluding hydrogens is 763 g/mol. The maximum Gasteiger partial charge on any atom is 0.243 e. The summed E-state index contributed by atoms with van der Waals surface area (Å²) in [6.45, 7) is 12.1. The number of amides is 1. The van der Waals surface area contributed by atoms with Gasteiger partial charge in [-0.25, -0.2) is 5.43 Å². The molecule has 2 aliphatic rings. The zero-order valence-corrected chi connectivity index (χ0v) is 42.4. The van der Waals surface area contributed by atoms with Crippen LogP contribution in [0.3, 0.4) is 0 Å². The fourth-order valence-corrected chi connectivity index (χ4v) is 9.26. The van der Waals surface area contributed by atoms with Crippen molar-refractivity contribution in [2.24, 2.45) is 22.9 Å². The summed E-state index contributed by atoms with van der Waals surface area (Å²) in [5.41, 5.74) is 6.11. The van der Waals surface area contributed by atoms with Crippen molar-refractivity contribution < 1.29 is 14.3 Å². The first-order chi connectivity index (χ1) is 30.4. The van der Waals surface area contributed by atoms with Gasteiger partial charge in [0.2, 0.25) is 5.91 Å². The Hall–Kier alpha value is -1.82. The highest BCUT2D eigenvalue weighted by atomic mass is 16.5. The smallest absolute Gasteiger partial charge is 0.243 e. The van der Waals surface area contributed by atoms with Crippen LogP contribution in [0.2, 0.25) is 0 Å². The van der Waals surface area contributed by atoms with E-state index in [4.69, 9.17) is 9.47 Å². The summed E-state index contributed by atoms with van der Waals surface area (Å²) >= 11 is 0. The average molecular weight is 868 g/mol. The van der Waals surface area contributed by atoms with Gasteiger partial charge in [0.15, 0.2) is 0 Å². The Morgan fingerprint density at radius 2 is 0.919 bits per heavy atom. The summed E-state index contributed by atoms with van der Waals surface area (Å²) in [6.07, 6.45) is 49.4. The Kier molecular flexibility index (Phi) is 35.9. The van der Waals surface area contributed by atoms with Crippen molar-refractivity contribution in [2.45, 2.75) is 272 Å². The van der Waals surface area contributed by atoms with Gasteiger partial charge in [0.25, 0.3) is 0 Å². The van der Waals surface area contributed by atoms with Crippen LogP contribution in [0.15, 0.2) is 27.8 Å². The van der Waals surface area contributed by atoms with E-state index in [1.165, 1.54) is 204 Å². The molecule has 0 aromatic rings. The van der Waals surface area contributed by atoms with E-state index in [0.717, 1.165) is 83.0 Å². The van der Waals surface area contributed by atoms with Gasteiger partial charge < -0.3 is 14.4 Å². The lowest BCUT2D eigenvalue weighted by molar-refractivity contribution is -0.125. The minimum atomic E-state index is 0.0636. The molecule has 0 heterocycles. The summed E-state index contributed by atoms with van der Waals surface area (Å²) < 4.78 is 13.0. The van der Waals surface area contributed by atoms with E-state index >= 15 is 0 Å². The van der Waals surface area contributed by atoms with Gasteiger partial charge in [-0.05, 0) is 121 Å². The molecule has 2 fully saturated rings. The first-order valence-corrected chi connectivity index (χ1v) is 27.5. The molecule has 2 rings (SSSR count). The molecule has 2 aliphatic carbocycles. The van der Waals surface area contributed by atoms with Crippen LogP contribution < -0.4 is 5.43 Å². The van der Waals surface area contributed by atoms with E-state index in [2.05, 4.69) is 57.2 Å². The molecule has 1 amide bonds. The molecule has 0 spiro atoms. The summed E-state index contributed by atoms with van der Waals surface area (Å²) in [5.74, 6) is 4.55. The van der Waals surface area contributed by atoms with Crippen molar-refractivity contribution in [3.8, 4) is 0 Å². The lowest BCUT2D eigenvalue weighted by Crippen LogP contribution is -2.27. The van der Waals surface area contributed by atoms with Crippen LogP contribution in [-0.2, 0) is 14.3 Å². The Morgan fingerprint density at radius 3 is 1.31 bits per heavy atom. The number of unbranched alkanes of at least 4 members (excludes halogenated alkanes) is 17. The predicted octanol–water partition coefficient (Wildman–Crippen LogP) is 17.0. The third-order valence-electron chi connectivity index (χ3n) is 13.7. The standard InChI is InChI=1S/C56H105N3O3/c1-7-11-21-31-49(32-22-12-8-2)43-47-61-54(51-39-40-51)37-27-19-15-17-25-35-53(56(60)58-57-45-29-30-46-59(5)6)36-26-18-16-20-28-38-55(52-41-42-52)62-48-44-50(33-23-13-9-3)34-24-14-10-4/h45,49-50,53H,7-44,46-48H2,1-6H3,(H,58,60)/b57-45+. The van der Waals surface area contributed by atoms with E-state index in [1.807, 2.05) is 6.21 Å². The van der Waals surface area contributed by atoms with Gasteiger partial charge >= 0.3 is 0 Å². The monoisotopic (exact) mass is 868 g/mol. The van der Waals surface area contributed by atoms with Crippen LogP contribution in [0.4, 0.5) is 0 Å². The molecule has 0 saturated heterocycles. The second-order valence-electron chi connectivity index (χ2n) is 20.1. The summed E-state index contributed by atoms with van der Waals surface area (Å²) in [4.78, 5) is 15.5. The van der Waals surface area contributed by atoms with Gasteiger partial charge in [-0.2, -0.15) is 5.10 Å². The number of nitrogens with one attached hydrogen (secondary N) is 1. The summed E-state index contributed by atoms with van der Waals surface area (Å²) in [7, 11) is 4.20. The SMILES string of the molecule is CCCCCC(CCCCC)CCOC(CCCCCCCC(CCCCCCCC(OCCC(CCCCC)CCCCC)=C1CC1)C(=O)N/N=C/CCCN(C)C)=C1CC1. The molecule has 6 heteroatoms. The van der Waals surface area contributed by atoms with Gasteiger partial charge in [0, 0.05) is 25.0 Å². The largest absolute Gasteiger partial charge is 0.498 e. The normalized spacial score (nSPS) is 13.7. The van der Waals surface area contributed by atoms with E-state index < -0.39 is 0 Å². The fourth-order valence-electron chi connectivity index (χ4n) is 9.26. The number of allylic oxidation sites excluding steroid dienone is 4. The highest BCUT2D eigenvalue weighted by molar-refractivity contribution is 5.79. The molecule has 0 bridgehead atoms. The molecule has 362 valence electrons. The third kappa shape index (κ3) is 31.9. The van der Waals surface area contributed by atoms with Crippen LogP contribution in [0.1, 0.15) is 272 Å². The molecule has 0 aromatic carbocycles. The number of carbonyl (C=O) groups is 1. The second kappa shape index (κ2) is 39.5. The Balaban J connectivity index is 1.71. The van der Waals surface area contributed by atoms with Crippen molar-refractivity contribution in [2.75, 3.05) is 33.9 Å². The zero-order chi connectivity index (χ0) is 44.7. The fraction of sp³-hybridized carbons (Fsp3) is 0.893. The first-order valence-electron chi connectivity index (χ1n) is 27.5. The summed E-state index contributed by atoms with van der Waals surface area (Å²) in [5, 5.41) is 4.35. The Morgan fingerprint density at radius 1 is 0.532 bits per heavy atom. The number of hydrazone groups is 1. The number of nitrogens with zero attached hydrogens (tertiary/aromatic N) is 2. The van der Waals surface area contributed by atoms with Crippen LogP contribution >= 0.6 is 0 Å². The van der Waals surface area contributed by atoms with Crippen molar-refractivity contribution >= 4 is 12.1 Å². The van der Waals surface area contributed by atoms with Crippen LogP contribution in [-0.4, -0.2) is 50.9 Å². The molecule has 0 unspecified atom stereocenters. The Labute approximate surface area is 386 Å². The molecule has 0 aliphatic heterocycles. The van der Waals surface area contributed by atoms with Gasteiger partial charge in [0.05, 0.1) is 24.7 Å². The minimum Gasteiger partial charge on any atom is -0.498 e. The summed E-state index contributed by atoms with van der Waals surface area (Å²) in [6, 6.07) is 0. The topological polar surface area (TPSA) is 63.2 Å². The van der Waals surface area contributed by atoms with Crippen molar-refractivity contribution in [1.82, 2.24) is 10.3 Å². The number of carbonyl (C=O) groups excluding carboxylic acids is 1. The molecule has 62 heavy (non-hydrogen) atoms. The number of hydrogen-bond acceptors (Lipinski definition) is 5. The van der Waals surface area contributed by atoms with Gasteiger partial charge in [0.1, 0.15) is 0 Å². The van der Waals surface area contributed by atoms with Crippen molar-refractivity contribution in [3.63, 3.8) is 0 Å². The lowest BCUT2D eigenvalue weighted by Gasteiger charge is -2.18. The van der Waals surface area contributed by atoms with Gasteiger partial charge in [-0.1, -0.05) is 182 Å². The molecule has 0 radical (unpaired) electrons. The highest BCUT2D eigenvalue weighted by Crippen LogP contribution is 2.36.